The number of amides is 2. The van der Waals surface area contributed by atoms with E-state index in [1.165, 1.54) is 0 Å². The Kier molecular flexibility index (Phi) is 6.74. The predicted molar refractivity (Wildman–Crippen MR) is 108 cm³/mol. The van der Waals surface area contributed by atoms with E-state index in [1.807, 2.05) is 56.3 Å². The summed E-state index contributed by atoms with van der Waals surface area (Å²) in [5, 5.41) is 2.22. The van der Waals surface area contributed by atoms with Gasteiger partial charge in [-0.05, 0) is 35.2 Å². The van der Waals surface area contributed by atoms with Gasteiger partial charge in [-0.3, -0.25) is 4.79 Å². The van der Waals surface area contributed by atoms with Gasteiger partial charge in [-0.2, -0.15) is 0 Å². The zero-order valence-electron chi connectivity index (χ0n) is 16.6. The Morgan fingerprint density at radius 2 is 1.68 bits per heavy atom. The van der Waals surface area contributed by atoms with Crippen LogP contribution in [0.5, 0.6) is 5.75 Å². The minimum Gasteiger partial charge on any atom is -0.484 e. The molecule has 0 unspecified atom stereocenters. The van der Waals surface area contributed by atoms with E-state index in [4.69, 9.17) is 9.47 Å². The van der Waals surface area contributed by atoms with Crippen molar-refractivity contribution in [1.82, 2.24) is 9.80 Å². The molecule has 150 valence electrons. The minimum atomic E-state index is -0.296. The smallest absolute Gasteiger partial charge is 0.409 e. The van der Waals surface area contributed by atoms with E-state index in [1.54, 1.807) is 9.80 Å². The van der Waals surface area contributed by atoms with E-state index in [9.17, 15) is 9.59 Å². The van der Waals surface area contributed by atoms with E-state index < -0.39 is 0 Å². The first-order chi connectivity index (χ1) is 13.5. The first-order valence-electron chi connectivity index (χ1n) is 9.84. The molecule has 6 heteroatoms. The summed E-state index contributed by atoms with van der Waals surface area (Å²) >= 11 is 0. The molecule has 0 atom stereocenters. The van der Waals surface area contributed by atoms with Gasteiger partial charge < -0.3 is 19.3 Å². The zero-order valence-corrected chi connectivity index (χ0v) is 16.6. The summed E-state index contributed by atoms with van der Waals surface area (Å²) < 4.78 is 11.0. The van der Waals surface area contributed by atoms with E-state index in [0.717, 1.165) is 17.2 Å². The quantitative estimate of drug-likeness (QED) is 0.791. The van der Waals surface area contributed by atoms with Crippen LogP contribution in [0, 0.1) is 5.92 Å². The van der Waals surface area contributed by atoms with Gasteiger partial charge in [-0.1, -0.05) is 44.2 Å². The van der Waals surface area contributed by atoms with Crippen LogP contribution < -0.4 is 4.74 Å². The number of hydrogen-bond donors (Lipinski definition) is 0. The topological polar surface area (TPSA) is 59.1 Å². The molecule has 6 nitrogen and oxygen atoms in total. The third-order valence-corrected chi connectivity index (χ3v) is 4.73. The summed E-state index contributed by atoms with van der Waals surface area (Å²) in [7, 11) is 0. The Bertz CT molecular complexity index is 821. The lowest BCUT2D eigenvalue weighted by molar-refractivity contribution is -0.133. The molecule has 0 aromatic heterocycles. The molecule has 1 aliphatic heterocycles. The average molecular weight is 384 g/mol. The fraction of sp³-hybridized carbons (Fsp3) is 0.455. The van der Waals surface area contributed by atoms with Gasteiger partial charge in [-0.15, -0.1) is 0 Å². The van der Waals surface area contributed by atoms with Crippen molar-refractivity contribution in [2.75, 3.05) is 39.4 Å². The Balaban J connectivity index is 1.49. The number of fused-ring (bicyclic) bond motifs is 1. The van der Waals surface area contributed by atoms with Gasteiger partial charge in [0.1, 0.15) is 5.75 Å². The highest BCUT2D eigenvalue weighted by Crippen LogP contribution is 2.20. The van der Waals surface area contributed by atoms with E-state index in [-0.39, 0.29) is 18.6 Å². The van der Waals surface area contributed by atoms with Gasteiger partial charge in [0.15, 0.2) is 6.61 Å². The number of carbonyl (C=O) groups excluding carboxylic acids is 2. The molecule has 0 spiro atoms. The fourth-order valence-corrected chi connectivity index (χ4v) is 3.17. The van der Waals surface area contributed by atoms with Crippen molar-refractivity contribution < 1.29 is 19.1 Å². The molecule has 3 rings (SSSR count). The van der Waals surface area contributed by atoms with Crippen LogP contribution in [0.4, 0.5) is 4.79 Å². The van der Waals surface area contributed by atoms with Crippen molar-refractivity contribution in [2.24, 2.45) is 5.92 Å². The second kappa shape index (κ2) is 9.44. The zero-order chi connectivity index (χ0) is 19.9. The van der Waals surface area contributed by atoms with Gasteiger partial charge in [0, 0.05) is 26.2 Å². The Morgan fingerprint density at radius 1 is 0.964 bits per heavy atom. The van der Waals surface area contributed by atoms with Crippen molar-refractivity contribution in [3.8, 4) is 5.75 Å². The standard InChI is InChI=1S/C22H28N2O4/c1-17(2)15-28-22(26)24-11-5-10-23(12-13-24)21(25)16-27-20-9-8-18-6-3-4-7-19(18)14-20/h3-4,6-9,14,17H,5,10-13,15-16H2,1-2H3. The average Bonchev–Trinajstić information content (AvgIpc) is 2.96. The summed E-state index contributed by atoms with van der Waals surface area (Å²) in [6.07, 6.45) is 0.439. The minimum absolute atomic E-state index is 0.00383. The summed E-state index contributed by atoms with van der Waals surface area (Å²) in [5.41, 5.74) is 0. The molecular formula is C22H28N2O4. The van der Waals surface area contributed by atoms with Gasteiger partial charge in [0.25, 0.3) is 5.91 Å². The third-order valence-electron chi connectivity index (χ3n) is 4.73. The van der Waals surface area contributed by atoms with E-state index in [2.05, 4.69) is 0 Å². The summed E-state index contributed by atoms with van der Waals surface area (Å²) in [6.45, 7) is 6.63. The maximum absolute atomic E-state index is 12.5. The molecular weight excluding hydrogens is 356 g/mol. The van der Waals surface area contributed by atoms with Crippen molar-refractivity contribution in [3.63, 3.8) is 0 Å². The lowest BCUT2D eigenvalue weighted by Gasteiger charge is -2.22. The summed E-state index contributed by atoms with van der Waals surface area (Å²) in [6, 6.07) is 13.8. The van der Waals surface area contributed by atoms with Gasteiger partial charge in [-0.25, -0.2) is 4.79 Å². The third kappa shape index (κ3) is 5.38. The maximum atomic E-state index is 12.5. The lowest BCUT2D eigenvalue weighted by Crippen LogP contribution is -2.39. The maximum Gasteiger partial charge on any atom is 0.409 e. The molecule has 1 aliphatic rings. The normalized spacial score (nSPS) is 14.8. The lowest BCUT2D eigenvalue weighted by atomic mass is 10.1. The van der Waals surface area contributed by atoms with E-state index in [0.29, 0.717) is 44.5 Å². The second-order valence-electron chi connectivity index (χ2n) is 7.49. The first kappa shape index (κ1) is 20.0. The number of rotatable bonds is 5. The largest absolute Gasteiger partial charge is 0.484 e. The first-order valence-corrected chi connectivity index (χ1v) is 9.84. The summed E-state index contributed by atoms with van der Waals surface area (Å²) in [5.74, 6) is 0.924. The number of nitrogens with zero attached hydrogens (tertiary/aromatic N) is 2. The molecule has 28 heavy (non-hydrogen) atoms. The molecule has 0 bridgehead atoms. The summed E-state index contributed by atoms with van der Waals surface area (Å²) in [4.78, 5) is 28.1. The van der Waals surface area contributed by atoms with Gasteiger partial charge in [0.2, 0.25) is 0 Å². The van der Waals surface area contributed by atoms with Gasteiger partial charge >= 0.3 is 6.09 Å². The Labute approximate surface area is 166 Å². The molecule has 1 fully saturated rings. The molecule has 0 radical (unpaired) electrons. The SMILES string of the molecule is CC(C)COC(=O)N1CCCN(C(=O)COc2ccc3ccccc3c2)CC1. The monoisotopic (exact) mass is 384 g/mol. The molecule has 0 aliphatic carbocycles. The second-order valence-corrected chi connectivity index (χ2v) is 7.49. The number of carbonyl (C=O) groups is 2. The van der Waals surface area contributed by atoms with Crippen LogP contribution in [0.15, 0.2) is 42.5 Å². The van der Waals surface area contributed by atoms with Crippen molar-refractivity contribution in [2.45, 2.75) is 20.3 Å². The highest BCUT2D eigenvalue weighted by atomic mass is 16.6. The molecule has 1 saturated heterocycles. The Morgan fingerprint density at radius 3 is 2.46 bits per heavy atom. The van der Waals surface area contributed by atoms with E-state index >= 15 is 0 Å². The molecule has 2 aromatic carbocycles. The highest BCUT2D eigenvalue weighted by molar-refractivity contribution is 5.84. The molecule has 2 amide bonds. The number of ether oxygens (including phenoxy) is 2. The molecule has 1 heterocycles. The van der Waals surface area contributed by atoms with Crippen LogP contribution in [0.25, 0.3) is 10.8 Å². The van der Waals surface area contributed by atoms with Crippen LogP contribution >= 0.6 is 0 Å². The Hall–Kier alpha value is -2.76. The number of hydrogen-bond acceptors (Lipinski definition) is 4. The van der Waals surface area contributed by atoms with Crippen LogP contribution in [-0.2, 0) is 9.53 Å². The molecule has 0 saturated carbocycles. The van der Waals surface area contributed by atoms with Crippen LogP contribution in [-0.4, -0.2) is 61.2 Å². The highest BCUT2D eigenvalue weighted by Gasteiger charge is 2.23. The van der Waals surface area contributed by atoms with Crippen LogP contribution in [0.3, 0.4) is 0 Å². The molecule has 0 N–H and O–H groups in total. The van der Waals surface area contributed by atoms with Gasteiger partial charge in [0.05, 0.1) is 6.61 Å². The number of benzene rings is 2. The van der Waals surface area contributed by atoms with Crippen molar-refractivity contribution in [3.05, 3.63) is 42.5 Å². The van der Waals surface area contributed by atoms with Crippen LogP contribution in [0.1, 0.15) is 20.3 Å². The van der Waals surface area contributed by atoms with Crippen LogP contribution in [0.2, 0.25) is 0 Å². The van der Waals surface area contributed by atoms with Crippen molar-refractivity contribution >= 4 is 22.8 Å². The fourth-order valence-electron chi connectivity index (χ4n) is 3.17. The molecule has 2 aromatic rings. The predicted octanol–water partition coefficient (Wildman–Crippen LogP) is 3.55. The van der Waals surface area contributed by atoms with Crippen molar-refractivity contribution in [1.29, 1.82) is 0 Å².